The average Bonchev–Trinajstić information content (AvgIpc) is 3.14. The van der Waals surface area contributed by atoms with Crippen molar-refractivity contribution < 1.29 is 14.3 Å². The number of anilines is 1. The van der Waals surface area contributed by atoms with Crippen LogP contribution in [0.1, 0.15) is 0 Å². The Balaban J connectivity index is 2.20. The largest absolute Gasteiger partial charge is 0.496 e. The Kier molecular flexibility index (Phi) is 4.66. The molecule has 0 radical (unpaired) electrons. The maximum atomic E-state index is 11.6. The van der Waals surface area contributed by atoms with Crippen LogP contribution in [0.15, 0.2) is 41.9 Å². The second-order valence-electron chi connectivity index (χ2n) is 5.29. The number of fused-ring (bicyclic) bond motifs is 1. The van der Waals surface area contributed by atoms with Crippen LogP contribution in [0.4, 0.5) is 5.82 Å². The van der Waals surface area contributed by atoms with Crippen LogP contribution < -0.4 is 9.64 Å². The van der Waals surface area contributed by atoms with Crippen LogP contribution in [-0.4, -0.2) is 38.8 Å². The van der Waals surface area contributed by atoms with Gasteiger partial charge in [-0.1, -0.05) is 18.2 Å². The van der Waals surface area contributed by atoms with E-state index in [1.807, 2.05) is 42.9 Å². The van der Waals surface area contributed by atoms with Crippen LogP contribution in [0, 0.1) is 0 Å². The number of carbonyl (C=O) groups excluding carboxylic acids is 1. The number of benzene rings is 1. The van der Waals surface area contributed by atoms with Gasteiger partial charge >= 0.3 is 5.97 Å². The van der Waals surface area contributed by atoms with Crippen molar-refractivity contribution in [1.29, 1.82) is 0 Å². The lowest BCUT2D eigenvalue weighted by molar-refractivity contribution is -0.138. The number of methoxy groups -OCH3 is 2. The number of esters is 1. The Bertz CT molecular complexity index is 862. The molecule has 0 aliphatic heterocycles. The van der Waals surface area contributed by atoms with Crippen LogP contribution >= 0.6 is 11.3 Å². The molecule has 3 rings (SSSR count). The first kappa shape index (κ1) is 16.3. The van der Waals surface area contributed by atoms with Gasteiger partial charge in [-0.3, -0.25) is 4.79 Å². The highest BCUT2D eigenvalue weighted by Crippen LogP contribution is 2.39. The minimum Gasteiger partial charge on any atom is -0.496 e. The second kappa shape index (κ2) is 6.88. The van der Waals surface area contributed by atoms with Crippen LogP contribution in [0.2, 0.25) is 0 Å². The molecule has 0 aliphatic rings. The van der Waals surface area contributed by atoms with E-state index < -0.39 is 0 Å². The number of nitrogens with zero attached hydrogens (tertiary/aromatic N) is 2. The minimum atomic E-state index is -0.308. The third-order valence-corrected chi connectivity index (χ3v) is 4.72. The van der Waals surface area contributed by atoms with Crippen LogP contribution in [0.5, 0.6) is 5.75 Å². The Morgan fingerprint density at radius 2 is 2.08 bits per heavy atom. The summed E-state index contributed by atoms with van der Waals surface area (Å²) in [5, 5.41) is 3.96. The quantitative estimate of drug-likeness (QED) is 0.663. The van der Waals surface area contributed by atoms with E-state index in [1.165, 1.54) is 7.11 Å². The number of rotatable bonds is 5. The van der Waals surface area contributed by atoms with Crippen molar-refractivity contribution in [2.45, 2.75) is 0 Å². The lowest BCUT2D eigenvalue weighted by atomic mass is 10.0. The SMILES string of the molecule is COC(=O)CN(C)c1ncc(-c2cccs2)c2c(OC)cccc12. The Hall–Kier alpha value is -2.60. The first-order valence-corrected chi connectivity index (χ1v) is 8.31. The minimum absolute atomic E-state index is 0.133. The number of thiophene rings is 1. The van der Waals surface area contributed by atoms with Gasteiger partial charge in [0.1, 0.15) is 18.1 Å². The molecule has 3 aromatic rings. The monoisotopic (exact) mass is 342 g/mol. The van der Waals surface area contributed by atoms with Gasteiger partial charge in [0.2, 0.25) is 0 Å². The summed E-state index contributed by atoms with van der Waals surface area (Å²) in [5.41, 5.74) is 1.02. The van der Waals surface area contributed by atoms with Crippen molar-refractivity contribution in [1.82, 2.24) is 4.98 Å². The molecule has 0 saturated heterocycles. The summed E-state index contributed by atoms with van der Waals surface area (Å²) in [6.45, 7) is 0.133. The number of likely N-dealkylation sites (N-methyl/N-ethyl adjacent to an activating group) is 1. The molecule has 0 aliphatic carbocycles. The van der Waals surface area contributed by atoms with Crippen molar-refractivity contribution >= 4 is 33.9 Å². The third kappa shape index (κ3) is 2.92. The van der Waals surface area contributed by atoms with Gasteiger partial charge in [-0.25, -0.2) is 4.98 Å². The van der Waals surface area contributed by atoms with Gasteiger partial charge in [-0.15, -0.1) is 11.3 Å². The molecule has 2 heterocycles. The van der Waals surface area contributed by atoms with Crippen molar-refractivity contribution in [3.05, 3.63) is 41.9 Å². The molecule has 5 nitrogen and oxygen atoms in total. The number of carbonyl (C=O) groups is 1. The molecule has 0 spiro atoms. The van der Waals surface area contributed by atoms with E-state index in [2.05, 4.69) is 11.1 Å². The van der Waals surface area contributed by atoms with Gasteiger partial charge in [0.15, 0.2) is 0 Å². The highest BCUT2D eigenvalue weighted by atomic mass is 32.1. The zero-order valence-corrected chi connectivity index (χ0v) is 14.6. The van der Waals surface area contributed by atoms with E-state index in [0.29, 0.717) is 0 Å². The number of pyridine rings is 1. The van der Waals surface area contributed by atoms with Gasteiger partial charge in [-0.2, -0.15) is 0 Å². The molecule has 24 heavy (non-hydrogen) atoms. The fourth-order valence-electron chi connectivity index (χ4n) is 2.68. The molecule has 0 saturated carbocycles. The summed E-state index contributed by atoms with van der Waals surface area (Å²) in [6.07, 6.45) is 1.83. The van der Waals surface area contributed by atoms with Crippen molar-refractivity contribution in [2.75, 3.05) is 32.7 Å². The van der Waals surface area contributed by atoms with Gasteiger partial charge < -0.3 is 14.4 Å². The van der Waals surface area contributed by atoms with Gasteiger partial charge in [0.25, 0.3) is 0 Å². The first-order chi connectivity index (χ1) is 11.7. The molecule has 0 N–H and O–H groups in total. The lowest BCUT2D eigenvalue weighted by Crippen LogP contribution is -2.27. The van der Waals surface area contributed by atoms with Gasteiger partial charge in [-0.05, 0) is 17.5 Å². The normalized spacial score (nSPS) is 10.6. The highest BCUT2D eigenvalue weighted by molar-refractivity contribution is 7.13. The van der Waals surface area contributed by atoms with E-state index in [4.69, 9.17) is 9.47 Å². The zero-order chi connectivity index (χ0) is 17.1. The summed E-state index contributed by atoms with van der Waals surface area (Å²) >= 11 is 1.66. The maximum absolute atomic E-state index is 11.6. The molecular weight excluding hydrogens is 324 g/mol. The Morgan fingerprint density at radius 3 is 2.75 bits per heavy atom. The summed E-state index contributed by atoms with van der Waals surface area (Å²) in [4.78, 5) is 19.1. The van der Waals surface area contributed by atoms with Crippen molar-refractivity contribution in [3.8, 4) is 16.2 Å². The predicted molar refractivity (Wildman–Crippen MR) is 96.9 cm³/mol. The number of hydrogen-bond acceptors (Lipinski definition) is 6. The number of hydrogen-bond donors (Lipinski definition) is 0. The number of ether oxygens (including phenoxy) is 2. The third-order valence-electron chi connectivity index (χ3n) is 3.81. The summed E-state index contributed by atoms with van der Waals surface area (Å²) in [6, 6.07) is 9.93. The van der Waals surface area contributed by atoms with E-state index in [9.17, 15) is 4.79 Å². The van der Waals surface area contributed by atoms with Crippen LogP contribution in [-0.2, 0) is 9.53 Å². The molecule has 0 bridgehead atoms. The van der Waals surface area contributed by atoms with Crippen LogP contribution in [0.3, 0.4) is 0 Å². The van der Waals surface area contributed by atoms with Crippen LogP contribution in [0.25, 0.3) is 21.2 Å². The van der Waals surface area contributed by atoms with Gasteiger partial charge in [0.05, 0.1) is 14.2 Å². The topological polar surface area (TPSA) is 51.7 Å². The number of aromatic nitrogens is 1. The average molecular weight is 342 g/mol. The predicted octanol–water partition coefficient (Wildman–Crippen LogP) is 3.58. The smallest absolute Gasteiger partial charge is 0.325 e. The fourth-order valence-corrected chi connectivity index (χ4v) is 3.42. The van der Waals surface area contributed by atoms with Gasteiger partial charge in [0, 0.05) is 34.5 Å². The Morgan fingerprint density at radius 1 is 1.25 bits per heavy atom. The maximum Gasteiger partial charge on any atom is 0.325 e. The van der Waals surface area contributed by atoms with Crippen molar-refractivity contribution in [3.63, 3.8) is 0 Å². The summed E-state index contributed by atoms with van der Waals surface area (Å²) in [7, 11) is 4.86. The molecular formula is C18H18N2O3S. The van der Waals surface area contributed by atoms with E-state index in [0.717, 1.165) is 32.8 Å². The highest BCUT2D eigenvalue weighted by Gasteiger charge is 2.17. The molecule has 2 aromatic heterocycles. The molecule has 0 atom stereocenters. The zero-order valence-electron chi connectivity index (χ0n) is 13.8. The molecule has 0 fully saturated rings. The molecule has 124 valence electrons. The summed E-state index contributed by atoms with van der Waals surface area (Å²) < 4.78 is 10.3. The fraction of sp³-hybridized carbons (Fsp3) is 0.222. The standard InChI is InChI=1S/C18H18N2O3S/c1-20(11-16(21)23-3)18-12-6-4-7-14(22-2)17(12)13(10-19-18)15-8-5-9-24-15/h4-10H,11H2,1-3H3. The lowest BCUT2D eigenvalue weighted by Gasteiger charge is -2.20. The first-order valence-electron chi connectivity index (χ1n) is 7.43. The second-order valence-corrected chi connectivity index (χ2v) is 6.24. The molecule has 6 heteroatoms. The Labute approximate surface area is 144 Å². The summed E-state index contributed by atoms with van der Waals surface area (Å²) in [5.74, 6) is 1.19. The molecule has 0 unspecified atom stereocenters. The van der Waals surface area contributed by atoms with E-state index in [1.54, 1.807) is 23.3 Å². The molecule has 1 aromatic carbocycles. The van der Waals surface area contributed by atoms with Crippen molar-refractivity contribution in [2.24, 2.45) is 0 Å². The van der Waals surface area contributed by atoms with E-state index >= 15 is 0 Å². The van der Waals surface area contributed by atoms with E-state index in [-0.39, 0.29) is 12.5 Å². The molecule has 0 amide bonds.